The molecule has 23 heavy (non-hydrogen) atoms. The zero-order valence-corrected chi connectivity index (χ0v) is 14.9. The molecule has 1 aromatic rings. The highest BCUT2D eigenvalue weighted by molar-refractivity contribution is 7.89. The minimum atomic E-state index is -3.93. The van der Waals surface area contributed by atoms with Gasteiger partial charge in [-0.3, -0.25) is 0 Å². The summed E-state index contributed by atoms with van der Waals surface area (Å²) >= 11 is 17.8. The molecule has 10 heteroatoms. The predicted molar refractivity (Wildman–Crippen MR) is 86.8 cm³/mol. The van der Waals surface area contributed by atoms with E-state index in [4.69, 9.17) is 44.6 Å². The summed E-state index contributed by atoms with van der Waals surface area (Å²) in [6.07, 6.45) is 1.45. The normalized spacial score (nSPS) is 15.1. The molecule has 0 amide bonds. The Morgan fingerprint density at radius 2 is 1.83 bits per heavy atom. The van der Waals surface area contributed by atoms with Crippen molar-refractivity contribution in [1.29, 1.82) is 0 Å². The van der Waals surface area contributed by atoms with Crippen LogP contribution in [0.1, 0.15) is 12.8 Å². The van der Waals surface area contributed by atoms with Crippen LogP contribution in [-0.4, -0.2) is 49.6 Å². The predicted octanol–water partition coefficient (Wildman–Crippen LogP) is 2.90. The van der Waals surface area contributed by atoms with E-state index < -0.39 is 22.6 Å². The van der Waals surface area contributed by atoms with Gasteiger partial charge in [-0.1, -0.05) is 34.8 Å². The van der Waals surface area contributed by atoms with Crippen LogP contribution in [0, 0.1) is 0 Å². The van der Waals surface area contributed by atoms with Gasteiger partial charge >= 0.3 is 5.97 Å². The molecule has 1 aliphatic rings. The van der Waals surface area contributed by atoms with Gasteiger partial charge in [-0.15, -0.1) is 0 Å². The number of rotatable bonds is 8. The highest BCUT2D eigenvalue weighted by Crippen LogP contribution is 2.38. The number of aliphatic carboxylic acids is 1. The van der Waals surface area contributed by atoms with Crippen molar-refractivity contribution in [3.63, 3.8) is 0 Å². The number of carboxylic acids is 1. The number of carbonyl (C=O) groups is 1. The molecular formula is C13H14Cl3NO5S. The lowest BCUT2D eigenvalue weighted by Gasteiger charge is -2.23. The highest BCUT2D eigenvalue weighted by atomic mass is 35.5. The van der Waals surface area contributed by atoms with Gasteiger partial charge in [-0.25, -0.2) is 13.2 Å². The fourth-order valence-corrected chi connectivity index (χ4v) is 5.23. The smallest absolute Gasteiger partial charge is 0.329 e. The second-order valence-corrected chi connectivity index (χ2v) is 8.07. The molecule has 0 aromatic heterocycles. The Bertz CT molecular complexity index is 683. The zero-order chi connectivity index (χ0) is 17.2. The molecular weight excluding hydrogens is 389 g/mol. The molecule has 1 aromatic carbocycles. The van der Waals surface area contributed by atoms with Crippen molar-refractivity contribution in [2.24, 2.45) is 0 Å². The maximum absolute atomic E-state index is 12.8. The summed E-state index contributed by atoms with van der Waals surface area (Å²) in [5, 5.41) is 8.66. The van der Waals surface area contributed by atoms with E-state index in [2.05, 4.69) is 0 Å². The Hall–Kier alpha value is -0.570. The van der Waals surface area contributed by atoms with Gasteiger partial charge in [0.15, 0.2) is 0 Å². The van der Waals surface area contributed by atoms with Crippen LogP contribution in [0.4, 0.5) is 0 Å². The van der Waals surface area contributed by atoms with Crippen molar-refractivity contribution in [2.75, 3.05) is 19.8 Å². The molecule has 1 N–H and O–H groups in total. The van der Waals surface area contributed by atoms with Crippen molar-refractivity contribution in [2.45, 2.75) is 23.8 Å². The van der Waals surface area contributed by atoms with E-state index in [0.29, 0.717) is 0 Å². The lowest BCUT2D eigenvalue weighted by atomic mass is 10.4. The van der Waals surface area contributed by atoms with Crippen LogP contribution in [0.5, 0.6) is 0 Å². The Morgan fingerprint density at radius 1 is 1.26 bits per heavy atom. The molecule has 1 fully saturated rings. The molecule has 0 atom stereocenters. The molecule has 0 spiro atoms. The number of hydrogen-bond donors (Lipinski definition) is 1. The third kappa shape index (κ3) is 4.71. The summed E-state index contributed by atoms with van der Waals surface area (Å²) in [6, 6.07) is 2.47. The van der Waals surface area contributed by atoms with E-state index in [1.165, 1.54) is 16.4 Å². The van der Waals surface area contributed by atoms with E-state index in [1.807, 2.05) is 0 Å². The fraction of sp³-hybridized carbons (Fsp3) is 0.462. The Morgan fingerprint density at radius 3 is 2.30 bits per heavy atom. The van der Waals surface area contributed by atoms with Gasteiger partial charge in [0.25, 0.3) is 0 Å². The Kier molecular flexibility index (Phi) is 6.16. The lowest BCUT2D eigenvalue weighted by Crippen LogP contribution is -2.36. The lowest BCUT2D eigenvalue weighted by molar-refractivity contribution is -0.142. The number of nitrogens with zero attached hydrogens (tertiary/aromatic N) is 1. The number of carboxylic acid groups (broad SMARTS) is 1. The quantitative estimate of drug-likeness (QED) is 0.676. The van der Waals surface area contributed by atoms with Gasteiger partial charge in [0.2, 0.25) is 10.0 Å². The maximum atomic E-state index is 12.8. The molecule has 0 unspecified atom stereocenters. The van der Waals surface area contributed by atoms with Crippen LogP contribution in [0.2, 0.25) is 15.1 Å². The summed E-state index contributed by atoms with van der Waals surface area (Å²) in [5.41, 5.74) is 0. The van der Waals surface area contributed by atoms with Crippen LogP contribution in [-0.2, 0) is 19.6 Å². The number of halogens is 3. The van der Waals surface area contributed by atoms with Crippen LogP contribution < -0.4 is 0 Å². The molecule has 6 nitrogen and oxygen atoms in total. The minimum Gasteiger partial charge on any atom is -0.480 e. The first-order valence-electron chi connectivity index (χ1n) is 6.69. The largest absolute Gasteiger partial charge is 0.480 e. The molecule has 0 radical (unpaired) electrons. The summed E-state index contributed by atoms with van der Waals surface area (Å²) in [7, 11) is -3.93. The van der Waals surface area contributed by atoms with Crippen molar-refractivity contribution in [3.8, 4) is 0 Å². The monoisotopic (exact) mass is 401 g/mol. The van der Waals surface area contributed by atoms with Crippen LogP contribution in [0.3, 0.4) is 0 Å². The minimum absolute atomic E-state index is 0.0234. The van der Waals surface area contributed by atoms with Crippen LogP contribution in [0.25, 0.3) is 0 Å². The average Bonchev–Trinajstić information content (AvgIpc) is 3.20. The second-order valence-electron chi connectivity index (χ2n) is 4.99. The van der Waals surface area contributed by atoms with Crippen LogP contribution >= 0.6 is 34.8 Å². The van der Waals surface area contributed by atoms with E-state index in [0.717, 1.165) is 12.8 Å². The molecule has 128 valence electrons. The number of sulfonamides is 1. The Labute approximate surface area is 148 Å². The molecule has 0 bridgehead atoms. The molecule has 0 saturated heterocycles. The topological polar surface area (TPSA) is 83.9 Å². The molecule has 0 heterocycles. The summed E-state index contributed by atoms with van der Waals surface area (Å²) in [4.78, 5) is 10.2. The number of hydrogen-bond acceptors (Lipinski definition) is 4. The summed E-state index contributed by atoms with van der Waals surface area (Å²) < 4.78 is 31.8. The van der Waals surface area contributed by atoms with Gasteiger partial charge in [0, 0.05) is 17.6 Å². The second kappa shape index (κ2) is 7.55. The molecule has 1 saturated carbocycles. The van der Waals surface area contributed by atoms with Gasteiger partial charge < -0.3 is 9.84 Å². The molecule has 0 aliphatic heterocycles. The van der Waals surface area contributed by atoms with Gasteiger partial charge in [0.05, 0.1) is 16.7 Å². The van der Waals surface area contributed by atoms with Gasteiger partial charge in [-0.05, 0) is 25.0 Å². The molecule has 1 aliphatic carbocycles. The number of benzene rings is 1. The SMILES string of the molecule is O=C(O)COCCN(C1CC1)S(=O)(=O)c1c(Cl)cc(Cl)cc1Cl. The van der Waals surface area contributed by atoms with E-state index >= 15 is 0 Å². The first-order chi connectivity index (χ1) is 10.7. The van der Waals surface area contributed by atoms with Gasteiger partial charge in [0.1, 0.15) is 11.5 Å². The highest BCUT2D eigenvalue weighted by Gasteiger charge is 2.39. The van der Waals surface area contributed by atoms with Crippen molar-refractivity contribution in [3.05, 3.63) is 27.2 Å². The third-order valence-electron chi connectivity index (χ3n) is 3.17. The van der Waals surface area contributed by atoms with Crippen molar-refractivity contribution >= 4 is 50.8 Å². The average molecular weight is 403 g/mol. The van der Waals surface area contributed by atoms with Gasteiger partial charge in [-0.2, -0.15) is 4.31 Å². The first-order valence-corrected chi connectivity index (χ1v) is 9.27. The van der Waals surface area contributed by atoms with E-state index in [9.17, 15) is 13.2 Å². The van der Waals surface area contributed by atoms with E-state index in [-0.39, 0.29) is 39.2 Å². The first kappa shape index (κ1) is 18.8. The fourth-order valence-electron chi connectivity index (χ4n) is 2.07. The standard InChI is InChI=1S/C13H14Cl3NO5S/c14-8-5-10(15)13(11(16)6-8)23(20,21)17(9-1-2-9)3-4-22-7-12(18)19/h5-6,9H,1-4,7H2,(H,18,19). The van der Waals surface area contributed by atoms with Crippen molar-refractivity contribution < 1.29 is 23.1 Å². The van der Waals surface area contributed by atoms with E-state index in [1.54, 1.807) is 0 Å². The maximum Gasteiger partial charge on any atom is 0.329 e. The zero-order valence-electron chi connectivity index (χ0n) is 11.8. The van der Waals surface area contributed by atoms with Crippen LogP contribution in [0.15, 0.2) is 17.0 Å². The van der Waals surface area contributed by atoms with Crippen molar-refractivity contribution in [1.82, 2.24) is 4.31 Å². The third-order valence-corrected chi connectivity index (χ3v) is 6.26. The summed E-state index contributed by atoms with van der Waals surface area (Å²) in [6.45, 7) is -0.499. The summed E-state index contributed by atoms with van der Waals surface area (Å²) in [5.74, 6) is -1.12. The Balaban J connectivity index is 2.22. The number of ether oxygens (including phenoxy) is 1. The molecule has 2 rings (SSSR count).